The number of likely N-dealkylation sites (tertiary alicyclic amines) is 2. The van der Waals surface area contributed by atoms with E-state index in [-0.39, 0.29) is 11.8 Å². The van der Waals surface area contributed by atoms with Crippen molar-refractivity contribution in [3.63, 3.8) is 0 Å². The molecule has 2 aromatic carbocycles. The summed E-state index contributed by atoms with van der Waals surface area (Å²) in [4.78, 5) is 32.5. The van der Waals surface area contributed by atoms with Gasteiger partial charge in [0.2, 0.25) is 5.91 Å². The summed E-state index contributed by atoms with van der Waals surface area (Å²) in [5.41, 5.74) is 3.16. The van der Waals surface area contributed by atoms with E-state index in [2.05, 4.69) is 22.1 Å². The second kappa shape index (κ2) is 12.0. The number of nitrogens with zero attached hydrogens (tertiary/aromatic N) is 2. The van der Waals surface area contributed by atoms with Gasteiger partial charge in [-0.1, -0.05) is 29.3 Å². The molecule has 1 aromatic heterocycles. The Morgan fingerprint density at radius 1 is 1.03 bits per heavy atom. The third-order valence-electron chi connectivity index (χ3n) is 8.20. The molecule has 0 saturated carbocycles. The van der Waals surface area contributed by atoms with Crippen LogP contribution in [-0.4, -0.2) is 71.1 Å². The number of halogens is 2. The highest BCUT2D eigenvalue weighted by molar-refractivity contribution is 6.42. The molecule has 39 heavy (non-hydrogen) atoms. The molecular formula is C30H33Cl2N3O4. The van der Waals surface area contributed by atoms with Crippen LogP contribution in [0.1, 0.15) is 42.7 Å². The van der Waals surface area contributed by atoms with E-state index in [1.165, 1.54) is 10.9 Å². The van der Waals surface area contributed by atoms with Crippen LogP contribution in [0.25, 0.3) is 17.0 Å². The Morgan fingerprint density at radius 3 is 2.44 bits per heavy atom. The lowest BCUT2D eigenvalue weighted by molar-refractivity contribution is -0.147. The first-order valence-corrected chi connectivity index (χ1v) is 14.1. The SMILES string of the molecule is COc1ccc2[nH]cc(C3CCN(C(C(=O)O)C4CCN(C(=O)/C=C/c5ccc(Cl)c(Cl)c5)CC4)CC3)c2c1. The number of piperidine rings is 2. The Kier molecular flexibility index (Phi) is 8.50. The molecule has 7 nitrogen and oxygen atoms in total. The number of carbonyl (C=O) groups is 2. The van der Waals surface area contributed by atoms with E-state index < -0.39 is 12.0 Å². The number of H-pyrrole nitrogens is 1. The van der Waals surface area contributed by atoms with Crippen LogP contribution in [0.4, 0.5) is 0 Å². The molecule has 3 heterocycles. The van der Waals surface area contributed by atoms with Crippen molar-refractivity contribution in [2.45, 2.75) is 37.6 Å². The van der Waals surface area contributed by atoms with Crippen molar-refractivity contribution in [2.75, 3.05) is 33.3 Å². The molecule has 1 unspecified atom stereocenters. The van der Waals surface area contributed by atoms with Gasteiger partial charge in [-0.25, -0.2) is 0 Å². The fourth-order valence-corrected chi connectivity index (χ4v) is 6.36. The minimum absolute atomic E-state index is 0.0134. The average molecular weight is 571 g/mol. The van der Waals surface area contributed by atoms with Crippen molar-refractivity contribution in [1.82, 2.24) is 14.8 Å². The Hall–Kier alpha value is -3.00. The fourth-order valence-electron chi connectivity index (χ4n) is 6.06. The number of carbonyl (C=O) groups excluding carboxylic acids is 1. The molecule has 2 N–H and O–H groups in total. The fraction of sp³-hybridized carbons (Fsp3) is 0.400. The van der Waals surface area contributed by atoms with Gasteiger partial charge in [-0.15, -0.1) is 0 Å². The Morgan fingerprint density at radius 2 is 1.77 bits per heavy atom. The Bertz CT molecular complexity index is 1370. The largest absolute Gasteiger partial charge is 0.497 e. The summed E-state index contributed by atoms with van der Waals surface area (Å²) in [7, 11) is 1.67. The zero-order valence-electron chi connectivity index (χ0n) is 21.9. The molecule has 0 radical (unpaired) electrons. The molecule has 1 amide bonds. The van der Waals surface area contributed by atoms with E-state index in [4.69, 9.17) is 27.9 Å². The molecule has 1 atom stereocenters. The number of hydrogen-bond acceptors (Lipinski definition) is 4. The number of methoxy groups -OCH3 is 1. The highest BCUT2D eigenvalue weighted by Crippen LogP contribution is 2.36. The second-order valence-electron chi connectivity index (χ2n) is 10.4. The molecule has 2 fully saturated rings. The number of nitrogens with one attached hydrogen (secondary N) is 1. The lowest BCUT2D eigenvalue weighted by Gasteiger charge is -2.41. The van der Waals surface area contributed by atoms with Crippen molar-refractivity contribution in [3.8, 4) is 5.75 Å². The summed E-state index contributed by atoms with van der Waals surface area (Å²) in [6, 6.07) is 10.8. The van der Waals surface area contributed by atoms with E-state index in [0.717, 1.165) is 42.8 Å². The Balaban J connectivity index is 1.17. The number of hydrogen-bond donors (Lipinski definition) is 2. The molecule has 5 rings (SSSR count). The highest BCUT2D eigenvalue weighted by atomic mass is 35.5. The average Bonchev–Trinajstić information content (AvgIpc) is 3.37. The number of fused-ring (bicyclic) bond motifs is 1. The van der Waals surface area contributed by atoms with E-state index >= 15 is 0 Å². The van der Waals surface area contributed by atoms with Crippen molar-refractivity contribution in [1.29, 1.82) is 0 Å². The maximum absolute atomic E-state index is 12.8. The minimum Gasteiger partial charge on any atom is -0.497 e. The molecule has 9 heteroatoms. The van der Waals surface area contributed by atoms with Gasteiger partial charge in [-0.05, 0) is 98.1 Å². The molecule has 206 valence electrons. The second-order valence-corrected chi connectivity index (χ2v) is 11.2. The lowest BCUT2D eigenvalue weighted by Crippen LogP contribution is -2.52. The van der Waals surface area contributed by atoms with Crippen molar-refractivity contribution in [3.05, 3.63) is 69.8 Å². The van der Waals surface area contributed by atoms with Crippen molar-refractivity contribution < 1.29 is 19.4 Å². The van der Waals surface area contributed by atoms with Crippen molar-refractivity contribution >= 4 is 52.1 Å². The van der Waals surface area contributed by atoms with E-state index in [9.17, 15) is 14.7 Å². The molecule has 0 bridgehead atoms. The summed E-state index contributed by atoms with van der Waals surface area (Å²) >= 11 is 12.0. The summed E-state index contributed by atoms with van der Waals surface area (Å²) in [6.45, 7) is 2.58. The van der Waals surface area contributed by atoms with Gasteiger partial charge in [0.15, 0.2) is 0 Å². The minimum atomic E-state index is -0.769. The van der Waals surface area contributed by atoms with Gasteiger partial charge < -0.3 is 19.7 Å². The van der Waals surface area contributed by atoms with Gasteiger partial charge >= 0.3 is 5.97 Å². The van der Waals surface area contributed by atoms with Crippen LogP contribution in [0.3, 0.4) is 0 Å². The van der Waals surface area contributed by atoms with Gasteiger partial charge in [0.25, 0.3) is 0 Å². The monoisotopic (exact) mass is 569 g/mol. The van der Waals surface area contributed by atoms with Crippen molar-refractivity contribution in [2.24, 2.45) is 5.92 Å². The third-order valence-corrected chi connectivity index (χ3v) is 8.94. The van der Waals surface area contributed by atoms with Crippen LogP contribution < -0.4 is 4.74 Å². The van der Waals surface area contributed by atoms with Crippen LogP contribution in [0, 0.1) is 5.92 Å². The van der Waals surface area contributed by atoms with E-state index in [0.29, 0.717) is 41.9 Å². The number of benzene rings is 2. The maximum atomic E-state index is 12.8. The summed E-state index contributed by atoms with van der Waals surface area (Å²) in [5.74, 6) is 0.372. The zero-order chi connectivity index (χ0) is 27.5. The predicted molar refractivity (Wildman–Crippen MR) is 155 cm³/mol. The number of amides is 1. The van der Waals surface area contributed by atoms with Crippen LogP contribution in [0.15, 0.2) is 48.7 Å². The molecular weight excluding hydrogens is 537 g/mol. The standard InChI is InChI=1S/C30H33Cl2N3O4/c1-39-22-4-6-27-23(17-22)24(18-33-27)20-8-14-35(15-9-20)29(30(37)38)21-10-12-34(13-11-21)28(36)7-3-19-2-5-25(31)26(32)16-19/h2-7,16-18,20-21,29,33H,8-15H2,1H3,(H,37,38)/b7-3+. The molecule has 0 aliphatic carbocycles. The quantitative estimate of drug-likeness (QED) is 0.337. The van der Waals surface area contributed by atoms with E-state index in [1.807, 2.05) is 12.1 Å². The van der Waals surface area contributed by atoms with Crippen LogP contribution in [0.2, 0.25) is 10.0 Å². The summed E-state index contributed by atoms with van der Waals surface area (Å²) < 4.78 is 5.42. The topological polar surface area (TPSA) is 85.9 Å². The first-order valence-electron chi connectivity index (χ1n) is 13.4. The smallest absolute Gasteiger partial charge is 0.321 e. The van der Waals surface area contributed by atoms with Gasteiger partial charge in [0.1, 0.15) is 11.8 Å². The molecule has 2 aliphatic rings. The number of aliphatic carboxylic acids is 1. The van der Waals surface area contributed by atoms with Gasteiger partial charge in [-0.2, -0.15) is 0 Å². The number of aromatic amines is 1. The maximum Gasteiger partial charge on any atom is 0.321 e. The van der Waals surface area contributed by atoms with Gasteiger partial charge in [0, 0.05) is 36.3 Å². The highest BCUT2D eigenvalue weighted by Gasteiger charge is 2.38. The molecule has 3 aromatic rings. The van der Waals surface area contributed by atoms with Crippen LogP contribution in [-0.2, 0) is 9.59 Å². The normalized spacial score (nSPS) is 18.6. The number of aromatic nitrogens is 1. The summed E-state index contributed by atoms with van der Waals surface area (Å²) in [5, 5.41) is 12.3. The number of carboxylic acid groups (broad SMARTS) is 1. The van der Waals surface area contributed by atoms with Gasteiger partial charge in [0.05, 0.1) is 17.2 Å². The number of ether oxygens (including phenoxy) is 1. The molecule has 2 aliphatic heterocycles. The third kappa shape index (κ3) is 6.11. The first-order chi connectivity index (χ1) is 18.8. The lowest BCUT2D eigenvalue weighted by atomic mass is 9.84. The predicted octanol–water partition coefficient (Wildman–Crippen LogP) is 6.07. The molecule has 2 saturated heterocycles. The molecule has 0 spiro atoms. The summed E-state index contributed by atoms with van der Waals surface area (Å²) in [6.07, 6.45) is 8.51. The first kappa shape index (κ1) is 27.6. The Labute approximate surface area is 238 Å². The van der Waals surface area contributed by atoms with Crippen LogP contribution in [0.5, 0.6) is 5.75 Å². The number of carboxylic acids is 1. The number of rotatable bonds is 7. The van der Waals surface area contributed by atoms with Crippen LogP contribution >= 0.6 is 23.2 Å². The zero-order valence-corrected chi connectivity index (χ0v) is 23.4. The van der Waals surface area contributed by atoms with Gasteiger partial charge in [-0.3, -0.25) is 14.5 Å². The van der Waals surface area contributed by atoms with E-state index in [1.54, 1.807) is 42.4 Å².